The molecule has 2 saturated carbocycles. The Bertz CT molecular complexity index is 777. The number of carbonyl (C=O) groups is 1. The zero-order valence-electron chi connectivity index (χ0n) is 15.4. The molecule has 1 N–H and O–H groups in total. The fraction of sp³-hybridized carbons (Fsp3) is 0.435. The largest absolute Gasteiger partial charge is 0.349 e. The minimum atomic E-state index is 0.0641. The number of hydrogen-bond donors (Lipinski definition) is 1. The quantitative estimate of drug-likeness (QED) is 0.811. The zero-order chi connectivity index (χ0) is 17.7. The molecule has 0 spiro atoms. The lowest BCUT2D eigenvalue weighted by molar-refractivity contribution is 0.0826. The number of hydrogen-bond acceptors (Lipinski definition) is 1. The fourth-order valence-electron chi connectivity index (χ4n) is 5.11. The van der Waals surface area contributed by atoms with Crippen LogP contribution in [0.1, 0.15) is 50.4 Å². The molecule has 0 aromatic heterocycles. The van der Waals surface area contributed by atoms with Crippen molar-refractivity contribution < 1.29 is 4.79 Å². The number of fused-ring (bicyclic) bond motifs is 2. The normalized spacial score (nSPS) is 29.6. The van der Waals surface area contributed by atoms with Crippen molar-refractivity contribution >= 4 is 5.91 Å². The molecule has 2 aliphatic rings. The number of benzene rings is 2. The average molecular weight is 333 g/mol. The van der Waals surface area contributed by atoms with Gasteiger partial charge < -0.3 is 5.32 Å². The first-order chi connectivity index (χ1) is 11.9. The van der Waals surface area contributed by atoms with Gasteiger partial charge in [0.05, 0.1) is 0 Å². The van der Waals surface area contributed by atoms with Crippen LogP contribution in [0.4, 0.5) is 0 Å². The molecule has 0 unspecified atom stereocenters. The standard InChI is InChI=1S/C23H27NO/c1-22(2)19-13-14-23(22,3)20(15-19)24-21(25)18-11-9-17(10-12-18)16-7-5-4-6-8-16/h4-12,19-20H,13-15H2,1-3H3,(H,24,25)/t19-,20+,23+/m0/s1. The summed E-state index contributed by atoms with van der Waals surface area (Å²) in [7, 11) is 0. The Hall–Kier alpha value is -2.09. The number of carbonyl (C=O) groups excluding carboxylic acids is 1. The molecule has 2 nitrogen and oxygen atoms in total. The summed E-state index contributed by atoms with van der Waals surface area (Å²) in [4.78, 5) is 12.8. The molecule has 25 heavy (non-hydrogen) atoms. The van der Waals surface area contributed by atoms with E-state index in [1.807, 2.05) is 42.5 Å². The molecule has 2 aromatic rings. The van der Waals surface area contributed by atoms with Crippen LogP contribution < -0.4 is 5.32 Å². The minimum Gasteiger partial charge on any atom is -0.349 e. The Balaban J connectivity index is 1.49. The van der Waals surface area contributed by atoms with E-state index >= 15 is 0 Å². The van der Waals surface area contributed by atoms with Crippen LogP contribution >= 0.6 is 0 Å². The Morgan fingerprint density at radius 1 is 0.960 bits per heavy atom. The Morgan fingerprint density at radius 2 is 1.60 bits per heavy atom. The van der Waals surface area contributed by atoms with Crippen LogP contribution in [0, 0.1) is 16.7 Å². The average Bonchev–Trinajstić information content (AvgIpc) is 2.96. The molecule has 0 aliphatic heterocycles. The summed E-state index contributed by atoms with van der Waals surface area (Å²) >= 11 is 0. The smallest absolute Gasteiger partial charge is 0.251 e. The molecule has 2 bridgehead atoms. The van der Waals surface area contributed by atoms with Gasteiger partial charge in [-0.1, -0.05) is 63.2 Å². The second-order valence-electron chi connectivity index (χ2n) is 8.58. The molecule has 3 atom stereocenters. The third kappa shape index (κ3) is 2.50. The van der Waals surface area contributed by atoms with Crippen molar-refractivity contribution in [2.24, 2.45) is 16.7 Å². The van der Waals surface area contributed by atoms with Gasteiger partial charge in [-0.15, -0.1) is 0 Å². The summed E-state index contributed by atoms with van der Waals surface area (Å²) < 4.78 is 0. The molecule has 0 heterocycles. The van der Waals surface area contributed by atoms with Crippen molar-refractivity contribution in [2.75, 3.05) is 0 Å². The van der Waals surface area contributed by atoms with Gasteiger partial charge in [0, 0.05) is 11.6 Å². The lowest BCUT2D eigenvalue weighted by Gasteiger charge is -2.39. The topological polar surface area (TPSA) is 29.1 Å². The molecule has 0 radical (unpaired) electrons. The van der Waals surface area contributed by atoms with E-state index in [0.29, 0.717) is 11.5 Å². The van der Waals surface area contributed by atoms with Gasteiger partial charge in [-0.2, -0.15) is 0 Å². The van der Waals surface area contributed by atoms with Crippen molar-refractivity contribution in [1.82, 2.24) is 5.32 Å². The maximum Gasteiger partial charge on any atom is 0.251 e. The SMILES string of the molecule is CC1(C)[C@H]2CC[C@]1(C)[C@H](NC(=O)c1ccc(-c3ccccc3)cc1)C2. The van der Waals surface area contributed by atoms with Gasteiger partial charge in [0.2, 0.25) is 0 Å². The van der Waals surface area contributed by atoms with Gasteiger partial charge in [0.1, 0.15) is 0 Å². The van der Waals surface area contributed by atoms with E-state index in [-0.39, 0.29) is 11.3 Å². The van der Waals surface area contributed by atoms with Crippen LogP contribution in [0.25, 0.3) is 11.1 Å². The van der Waals surface area contributed by atoms with E-state index in [9.17, 15) is 4.79 Å². The molecule has 1 amide bonds. The van der Waals surface area contributed by atoms with Gasteiger partial charge in [-0.25, -0.2) is 0 Å². The number of nitrogens with one attached hydrogen (secondary N) is 1. The van der Waals surface area contributed by atoms with E-state index in [1.165, 1.54) is 18.4 Å². The molecular weight excluding hydrogens is 306 g/mol. The molecule has 2 heteroatoms. The molecule has 0 saturated heterocycles. The van der Waals surface area contributed by atoms with Crippen LogP contribution in [-0.2, 0) is 0 Å². The molecule has 4 rings (SSSR count). The van der Waals surface area contributed by atoms with Crippen molar-refractivity contribution in [2.45, 2.75) is 46.1 Å². The maximum absolute atomic E-state index is 12.8. The lowest BCUT2D eigenvalue weighted by atomic mass is 9.69. The van der Waals surface area contributed by atoms with Crippen molar-refractivity contribution in [3.8, 4) is 11.1 Å². The van der Waals surface area contributed by atoms with Gasteiger partial charge in [0.15, 0.2) is 0 Å². The summed E-state index contributed by atoms with van der Waals surface area (Å²) in [6.07, 6.45) is 3.65. The van der Waals surface area contributed by atoms with Gasteiger partial charge in [-0.3, -0.25) is 4.79 Å². The van der Waals surface area contributed by atoms with Crippen LogP contribution in [0.15, 0.2) is 54.6 Å². The first-order valence-electron chi connectivity index (χ1n) is 9.38. The third-order valence-corrected chi connectivity index (χ3v) is 7.35. The highest BCUT2D eigenvalue weighted by atomic mass is 16.1. The second kappa shape index (κ2) is 5.72. The van der Waals surface area contributed by atoms with Gasteiger partial charge in [-0.05, 0) is 59.3 Å². The number of rotatable bonds is 3. The van der Waals surface area contributed by atoms with Crippen LogP contribution in [-0.4, -0.2) is 11.9 Å². The van der Waals surface area contributed by atoms with Crippen LogP contribution in [0.3, 0.4) is 0 Å². The number of amides is 1. The summed E-state index contributed by atoms with van der Waals surface area (Å²) in [6.45, 7) is 7.13. The van der Waals surface area contributed by atoms with Gasteiger partial charge in [0.25, 0.3) is 5.91 Å². The molecule has 2 fully saturated rings. The zero-order valence-corrected chi connectivity index (χ0v) is 15.4. The molecule has 130 valence electrons. The van der Waals surface area contributed by atoms with E-state index < -0.39 is 0 Å². The predicted octanol–water partition coefficient (Wildman–Crippen LogP) is 5.30. The summed E-state index contributed by atoms with van der Waals surface area (Å²) in [5, 5.41) is 3.34. The molecule has 2 aromatic carbocycles. The van der Waals surface area contributed by atoms with Gasteiger partial charge >= 0.3 is 0 Å². The Kier molecular flexibility index (Phi) is 3.75. The van der Waals surface area contributed by atoms with Crippen LogP contribution in [0.2, 0.25) is 0 Å². The first kappa shape index (κ1) is 16.4. The van der Waals surface area contributed by atoms with Crippen molar-refractivity contribution in [3.63, 3.8) is 0 Å². The van der Waals surface area contributed by atoms with Crippen LogP contribution in [0.5, 0.6) is 0 Å². The second-order valence-corrected chi connectivity index (χ2v) is 8.58. The highest BCUT2D eigenvalue weighted by molar-refractivity contribution is 5.95. The van der Waals surface area contributed by atoms with E-state index in [4.69, 9.17) is 0 Å². The molecular formula is C23H27NO. The van der Waals surface area contributed by atoms with E-state index in [2.05, 4.69) is 38.2 Å². The fourth-order valence-corrected chi connectivity index (χ4v) is 5.11. The van der Waals surface area contributed by atoms with E-state index in [0.717, 1.165) is 23.5 Å². The summed E-state index contributed by atoms with van der Waals surface area (Å²) in [5.41, 5.74) is 3.62. The van der Waals surface area contributed by atoms with Crippen molar-refractivity contribution in [3.05, 3.63) is 60.2 Å². The Morgan fingerprint density at radius 3 is 2.16 bits per heavy atom. The highest BCUT2D eigenvalue weighted by Crippen LogP contribution is 2.65. The molecule has 2 aliphatic carbocycles. The van der Waals surface area contributed by atoms with Crippen molar-refractivity contribution in [1.29, 1.82) is 0 Å². The minimum absolute atomic E-state index is 0.0641. The maximum atomic E-state index is 12.8. The van der Waals surface area contributed by atoms with E-state index in [1.54, 1.807) is 0 Å². The lowest BCUT2D eigenvalue weighted by Crippen LogP contribution is -2.46. The summed E-state index contributed by atoms with van der Waals surface area (Å²) in [5.74, 6) is 0.803. The summed E-state index contributed by atoms with van der Waals surface area (Å²) in [6, 6.07) is 18.5. The highest BCUT2D eigenvalue weighted by Gasteiger charge is 2.61. The monoisotopic (exact) mass is 333 g/mol. The Labute approximate surface area is 150 Å². The third-order valence-electron chi connectivity index (χ3n) is 7.35. The predicted molar refractivity (Wildman–Crippen MR) is 102 cm³/mol. The first-order valence-corrected chi connectivity index (χ1v) is 9.38.